The third kappa shape index (κ3) is 3.82. The SMILES string of the molecule is CC(CCO)NC(=O)C(C)(C)c1ccc(Br)cc1. The maximum absolute atomic E-state index is 12.2. The Labute approximate surface area is 117 Å². The van der Waals surface area contributed by atoms with Gasteiger partial charge in [-0.15, -0.1) is 0 Å². The fraction of sp³-hybridized carbons (Fsp3) is 0.500. The highest BCUT2D eigenvalue weighted by atomic mass is 79.9. The lowest BCUT2D eigenvalue weighted by atomic mass is 9.83. The van der Waals surface area contributed by atoms with Crippen LogP contribution < -0.4 is 5.32 Å². The summed E-state index contributed by atoms with van der Waals surface area (Å²) in [4.78, 5) is 12.2. The lowest BCUT2D eigenvalue weighted by Gasteiger charge is -2.26. The zero-order valence-corrected chi connectivity index (χ0v) is 12.6. The molecule has 1 amide bonds. The zero-order chi connectivity index (χ0) is 13.8. The smallest absolute Gasteiger partial charge is 0.230 e. The van der Waals surface area contributed by atoms with Gasteiger partial charge in [-0.3, -0.25) is 4.79 Å². The van der Waals surface area contributed by atoms with Crippen LogP contribution >= 0.6 is 15.9 Å². The summed E-state index contributed by atoms with van der Waals surface area (Å²) >= 11 is 3.38. The van der Waals surface area contributed by atoms with Gasteiger partial charge in [0.15, 0.2) is 0 Å². The van der Waals surface area contributed by atoms with Gasteiger partial charge in [-0.2, -0.15) is 0 Å². The van der Waals surface area contributed by atoms with E-state index in [4.69, 9.17) is 5.11 Å². The van der Waals surface area contributed by atoms with E-state index in [1.165, 1.54) is 0 Å². The Bertz CT molecular complexity index is 401. The molecule has 18 heavy (non-hydrogen) atoms. The lowest BCUT2D eigenvalue weighted by molar-refractivity contribution is -0.126. The molecule has 0 aliphatic rings. The van der Waals surface area contributed by atoms with Crippen LogP contribution in [0.4, 0.5) is 0 Å². The van der Waals surface area contributed by atoms with Gasteiger partial charge in [0.25, 0.3) is 0 Å². The van der Waals surface area contributed by atoms with Crippen LogP contribution in [0.15, 0.2) is 28.7 Å². The maximum atomic E-state index is 12.2. The van der Waals surface area contributed by atoms with Gasteiger partial charge < -0.3 is 10.4 Å². The highest BCUT2D eigenvalue weighted by Gasteiger charge is 2.30. The van der Waals surface area contributed by atoms with Crippen molar-refractivity contribution in [1.82, 2.24) is 5.32 Å². The summed E-state index contributed by atoms with van der Waals surface area (Å²) in [5.41, 5.74) is 0.393. The van der Waals surface area contributed by atoms with Crippen LogP contribution in [-0.2, 0) is 10.2 Å². The molecule has 0 bridgehead atoms. The van der Waals surface area contributed by atoms with Crippen LogP contribution in [0.25, 0.3) is 0 Å². The molecule has 0 spiro atoms. The van der Waals surface area contributed by atoms with Crippen molar-refractivity contribution in [1.29, 1.82) is 0 Å². The molecule has 1 atom stereocenters. The number of hydrogen-bond acceptors (Lipinski definition) is 2. The number of carbonyl (C=O) groups excluding carboxylic acids is 1. The van der Waals surface area contributed by atoms with Crippen molar-refractivity contribution in [3.05, 3.63) is 34.3 Å². The summed E-state index contributed by atoms with van der Waals surface area (Å²) < 4.78 is 0.996. The van der Waals surface area contributed by atoms with Gasteiger partial charge in [0, 0.05) is 17.1 Å². The molecule has 2 N–H and O–H groups in total. The molecule has 0 aliphatic carbocycles. The van der Waals surface area contributed by atoms with Crippen LogP contribution in [0.5, 0.6) is 0 Å². The van der Waals surface area contributed by atoms with E-state index >= 15 is 0 Å². The number of halogens is 1. The van der Waals surface area contributed by atoms with E-state index in [1.54, 1.807) is 0 Å². The molecular weight excluding hydrogens is 294 g/mol. The van der Waals surface area contributed by atoms with Gasteiger partial charge in [-0.25, -0.2) is 0 Å². The second-order valence-corrected chi connectivity index (χ2v) is 5.93. The Hall–Kier alpha value is -0.870. The molecule has 0 fully saturated rings. The average Bonchev–Trinajstić information content (AvgIpc) is 2.29. The van der Waals surface area contributed by atoms with Crippen molar-refractivity contribution in [3.8, 4) is 0 Å². The number of amides is 1. The van der Waals surface area contributed by atoms with Gasteiger partial charge in [-0.1, -0.05) is 28.1 Å². The fourth-order valence-electron chi connectivity index (χ4n) is 1.67. The summed E-state index contributed by atoms with van der Waals surface area (Å²) in [5.74, 6) is -0.0224. The summed E-state index contributed by atoms with van der Waals surface area (Å²) in [5, 5.41) is 11.8. The lowest BCUT2D eigenvalue weighted by Crippen LogP contribution is -2.44. The molecule has 0 saturated heterocycles. The number of rotatable bonds is 5. The Morgan fingerprint density at radius 3 is 2.44 bits per heavy atom. The maximum Gasteiger partial charge on any atom is 0.230 e. The topological polar surface area (TPSA) is 49.3 Å². The molecule has 0 radical (unpaired) electrons. The third-order valence-corrected chi connectivity index (χ3v) is 3.60. The molecule has 1 unspecified atom stereocenters. The predicted octanol–water partition coefficient (Wildman–Crippen LogP) is 2.61. The Balaban J connectivity index is 2.79. The summed E-state index contributed by atoms with van der Waals surface area (Å²) in [6.07, 6.45) is 0.572. The minimum atomic E-state index is -0.579. The van der Waals surface area contributed by atoms with Crippen LogP contribution in [0.2, 0.25) is 0 Å². The number of carbonyl (C=O) groups is 1. The standard InChI is InChI=1S/C14H20BrNO2/c1-10(8-9-17)16-13(18)14(2,3)11-4-6-12(15)7-5-11/h4-7,10,17H,8-9H2,1-3H3,(H,16,18). The van der Waals surface area contributed by atoms with E-state index in [1.807, 2.05) is 45.0 Å². The van der Waals surface area contributed by atoms with Crippen molar-refractivity contribution in [2.24, 2.45) is 0 Å². The van der Waals surface area contributed by atoms with Gasteiger partial charge in [0.1, 0.15) is 0 Å². The monoisotopic (exact) mass is 313 g/mol. The normalized spacial score (nSPS) is 13.2. The number of benzene rings is 1. The van der Waals surface area contributed by atoms with Crippen molar-refractivity contribution in [3.63, 3.8) is 0 Å². The van der Waals surface area contributed by atoms with Gasteiger partial charge in [0.2, 0.25) is 5.91 Å². The molecule has 1 aromatic rings. The first-order valence-electron chi connectivity index (χ1n) is 6.05. The van der Waals surface area contributed by atoms with Crippen LogP contribution in [0.1, 0.15) is 32.8 Å². The average molecular weight is 314 g/mol. The molecule has 0 aliphatic heterocycles. The van der Waals surface area contributed by atoms with Gasteiger partial charge in [0.05, 0.1) is 5.41 Å². The second-order valence-electron chi connectivity index (χ2n) is 5.02. The number of aliphatic hydroxyl groups excluding tert-OH is 1. The van der Waals surface area contributed by atoms with Crippen LogP contribution in [0, 0.1) is 0 Å². The number of hydrogen-bond donors (Lipinski definition) is 2. The second kappa shape index (κ2) is 6.34. The molecule has 0 saturated carbocycles. The first kappa shape index (κ1) is 15.2. The Kier molecular flexibility index (Phi) is 5.35. The van der Waals surface area contributed by atoms with E-state index in [-0.39, 0.29) is 18.6 Å². The van der Waals surface area contributed by atoms with Crippen LogP contribution in [-0.4, -0.2) is 23.7 Å². The summed E-state index contributed by atoms with van der Waals surface area (Å²) in [6, 6.07) is 7.74. The number of aliphatic hydroxyl groups is 1. The largest absolute Gasteiger partial charge is 0.396 e. The van der Waals surface area contributed by atoms with E-state index in [0.29, 0.717) is 6.42 Å². The third-order valence-electron chi connectivity index (χ3n) is 3.07. The number of nitrogens with one attached hydrogen (secondary N) is 1. The molecule has 1 rings (SSSR count). The summed E-state index contributed by atoms with van der Waals surface area (Å²) in [6.45, 7) is 5.78. The van der Waals surface area contributed by atoms with Crippen molar-refractivity contribution < 1.29 is 9.90 Å². The summed E-state index contributed by atoms with van der Waals surface area (Å²) in [7, 11) is 0. The minimum absolute atomic E-state index is 0.0165. The molecule has 4 heteroatoms. The zero-order valence-electron chi connectivity index (χ0n) is 11.0. The fourth-order valence-corrected chi connectivity index (χ4v) is 1.93. The van der Waals surface area contributed by atoms with Crippen molar-refractivity contribution >= 4 is 21.8 Å². The molecule has 1 aromatic carbocycles. The highest BCUT2D eigenvalue weighted by Crippen LogP contribution is 2.25. The van der Waals surface area contributed by atoms with E-state index in [2.05, 4.69) is 21.2 Å². The molecule has 3 nitrogen and oxygen atoms in total. The van der Waals surface area contributed by atoms with Crippen molar-refractivity contribution in [2.45, 2.75) is 38.6 Å². The Morgan fingerprint density at radius 1 is 1.39 bits per heavy atom. The minimum Gasteiger partial charge on any atom is -0.396 e. The van der Waals surface area contributed by atoms with Gasteiger partial charge in [-0.05, 0) is 44.9 Å². The molecule has 0 heterocycles. The van der Waals surface area contributed by atoms with E-state index in [0.717, 1.165) is 10.0 Å². The molecular formula is C14H20BrNO2. The van der Waals surface area contributed by atoms with Crippen molar-refractivity contribution in [2.75, 3.05) is 6.61 Å². The first-order chi connectivity index (χ1) is 8.37. The van der Waals surface area contributed by atoms with E-state index in [9.17, 15) is 4.79 Å². The van der Waals surface area contributed by atoms with Crippen LogP contribution in [0.3, 0.4) is 0 Å². The first-order valence-corrected chi connectivity index (χ1v) is 6.85. The molecule has 100 valence electrons. The van der Waals surface area contributed by atoms with Gasteiger partial charge >= 0.3 is 0 Å². The predicted molar refractivity (Wildman–Crippen MR) is 76.5 cm³/mol. The highest BCUT2D eigenvalue weighted by molar-refractivity contribution is 9.10. The molecule has 0 aromatic heterocycles. The van der Waals surface area contributed by atoms with E-state index < -0.39 is 5.41 Å². The quantitative estimate of drug-likeness (QED) is 0.878. The Morgan fingerprint density at radius 2 is 1.94 bits per heavy atom.